The van der Waals surface area contributed by atoms with Crippen molar-refractivity contribution in [2.45, 2.75) is 25.5 Å². The lowest BCUT2D eigenvalue weighted by molar-refractivity contribution is -0.113. The molecule has 0 spiro atoms. The third-order valence-corrected chi connectivity index (χ3v) is 5.29. The molecule has 1 aromatic heterocycles. The number of hydrogen-bond acceptors (Lipinski definition) is 6. The molecule has 0 aliphatic carbocycles. The minimum Gasteiger partial charge on any atom is -0.497 e. The van der Waals surface area contributed by atoms with Crippen molar-refractivity contribution in [3.63, 3.8) is 0 Å². The maximum atomic E-state index is 12.5. The first kappa shape index (κ1) is 20.7. The molecule has 0 unspecified atom stereocenters. The number of thioether (sulfide) groups is 1. The molecule has 2 aromatic carbocycles. The van der Waals surface area contributed by atoms with Crippen LogP contribution in [-0.4, -0.2) is 40.6 Å². The van der Waals surface area contributed by atoms with Gasteiger partial charge >= 0.3 is 0 Å². The first-order valence-corrected chi connectivity index (χ1v) is 10.2. The summed E-state index contributed by atoms with van der Waals surface area (Å²) in [4.78, 5) is 12.5. The SMILES string of the molecule is CCn1c(SCC(=O)Nc2ccc(OC)cc2OC)nnc1-c1cccc(C)c1. The maximum absolute atomic E-state index is 12.5. The van der Waals surface area contributed by atoms with E-state index in [2.05, 4.69) is 21.6 Å². The van der Waals surface area contributed by atoms with Crippen molar-refractivity contribution in [1.82, 2.24) is 14.8 Å². The van der Waals surface area contributed by atoms with E-state index < -0.39 is 0 Å². The molecule has 0 fully saturated rings. The summed E-state index contributed by atoms with van der Waals surface area (Å²) in [6.07, 6.45) is 0. The number of aryl methyl sites for hydroxylation is 1. The number of anilines is 1. The standard InChI is InChI=1S/C21H24N4O3S/c1-5-25-20(15-8-6-7-14(2)11-15)23-24-21(25)29-13-19(26)22-17-10-9-16(27-3)12-18(17)28-4/h6-12H,5,13H2,1-4H3,(H,22,26). The van der Waals surface area contributed by atoms with Crippen molar-refractivity contribution in [3.05, 3.63) is 48.0 Å². The van der Waals surface area contributed by atoms with E-state index >= 15 is 0 Å². The van der Waals surface area contributed by atoms with Crippen LogP contribution in [0.5, 0.6) is 11.5 Å². The number of benzene rings is 2. The molecule has 3 aromatic rings. The highest BCUT2D eigenvalue weighted by molar-refractivity contribution is 7.99. The zero-order valence-electron chi connectivity index (χ0n) is 16.9. The topological polar surface area (TPSA) is 78.3 Å². The number of carbonyl (C=O) groups excluding carboxylic acids is 1. The molecule has 152 valence electrons. The van der Waals surface area contributed by atoms with Crippen LogP contribution in [0.3, 0.4) is 0 Å². The third kappa shape index (κ3) is 4.89. The first-order valence-electron chi connectivity index (χ1n) is 9.20. The lowest BCUT2D eigenvalue weighted by atomic mass is 10.1. The second-order valence-electron chi connectivity index (χ2n) is 6.32. The fourth-order valence-electron chi connectivity index (χ4n) is 2.90. The normalized spacial score (nSPS) is 10.6. The average Bonchev–Trinajstić information content (AvgIpc) is 3.15. The molecule has 8 heteroatoms. The number of ether oxygens (including phenoxy) is 2. The van der Waals surface area contributed by atoms with E-state index in [0.29, 0.717) is 28.9 Å². The van der Waals surface area contributed by atoms with Gasteiger partial charge in [0.15, 0.2) is 11.0 Å². The van der Waals surface area contributed by atoms with Gasteiger partial charge < -0.3 is 19.4 Å². The Balaban J connectivity index is 1.69. The van der Waals surface area contributed by atoms with Crippen LogP contribution in [0, 0.1) is 6.92 Å². The fraction of sp³-hybridized carbons (Fsp3) is 0.286. The summed E-state index contributed by atoms with van der Waals surface area (Å²) in [7, 11) is 3.13. The molecular formula is C21H24N4O3S. The highest BCUT2D eigenvalue weighted by Gasteiger charge is 2.15. The van der Waals surface area contributed by atoms with E-state index in [1.165, 1.54) is 11.8 Å². The van der Waals surface area contributed by atoms with Gasteiger partial charge in [0.1, 0.15) is 11.5 Å². The molecule has 29 heavy (non-hydrogen) atoms. The zero-order valence-corrected chi connectivity index (χ0v) is 17.7. The molecule has 0 saturated heterocycles. The molecular weight excluding hydrogens is 388 g/mol. The molecule has 0 aliphatic rings. The van der Waals surface area contributed by atoms with Crippen LogP contribution in [0.15, 0.2) is 47.6 Å². The van der Waals surface area contributed by atoms with Gasteiger partial charge in [0, 0.05) is 18.2 Å². The number of amides is 1. The number of aromatic nitrogens is 3. The molecule has 0 atom stereocenters. The monoisotopic (exact) mass is 412 g/mol. The predicted molar refractivity (Wildman–Crippen MR) is 115 cm³/mol. The van der Waals surface area contributed by atoms with Crippen molar-refractivity contribution in [2.75, 3.05) is 25.3 Å². The number of methoxy groups -OCH3 is 2. The Morgan fingerprint density at radius 2 is 1.97 bits per heavy atom. The lowest BCUT2D eigenvalue weighted by Crippen LogP contribution is -2.15. The average molecular weight is 413 g/mol. The zero-order chi connectivity index (χ0) is 20.8. The summed E-state index contributed by atoms with van der Waals surface area (Å²) in [5, 5.41) is 12.2. The fourth-order valence-corrected chi connectivity index (χ4v) is 3.70. The van der Waals surface area contributed by atoms with E-state index in [1.807, 2.05) is 36.6 Å². The van der Waals surface area contributed by atoms with Crippen molar-refractivity contribution in [1.29, 1.82) is 0 Å². The molecule has 3 rings (SSSR count). The molecule has 1 heterocycles. The summed E-state index contributed by atoms with van der Waals surface area (Å²) < 4.78 is 12.5. The Morgan fingerprint density at radius 3 is 2.66 bits per heavy atom. The van der Waals surface area contributed by atoms with E-state index in [0.717, 1.165) is 17.0 Å². The minimum atomic E-state index is -0.152. The quantitative estimate of drug-likeness (QED) is 0.563. The Morgan fingerprint density at radius 1 is 1.14 bits per heavy atom. The highest BCUT2D eigenvalue weighted by atomic mass is 32.2. The molecule has 1 N–H and O–H groups in total. The van der Waals surface area contributed by atoms with Crippen LogP contribution < -0.4 is 14.8 Å². The van der Waals surface area contributed by atoms with Crippen LogP contribution in [0.1, 0.15) is 12.5 Å². The number of rotatable bonds is 8. The van der Waals surface area contributed by atoms with Crippen LogP contribution in [-0.2, 0) is 11.3 Å². The summed E-state index contributed by atoms with van der Waals surface area (Å²) in [6.45, 7) is 4.80. The summed E-state index contributed by atoms with van der Waals surface area (Å²) >= 11 is 1.35. The van der Waals surface area contributed by atoms with Gasteiger partial charge in [0.2, 0.25) is 5.91 Å². The maximum Gasteiger partial charge on any atom is 0.234 e. The second-order valence-corrected chi connectivity index (χ2v) is 7.27. The van der Waals surface area contributed by atoms with Crippen LogP contribution >= 0.6 is 11.8 Å². The van der Waals surface area contributed by atoms with Crippen LogP contribution in [0.2, 0.25) is 0 Å². The largest absolute Gasteiger partial charge is 0.497 e. The van der Waals surface area contributed by atoms with Gasteiger partial charge in [0.05, 0.1) is 25.7 Å². The minimum absolute atomic E-state index is 0.152. The number of nitrogens with one attached hydrogen (secondary N) is 1. The third-order valence-electron chi connectivity index (χ3n) is 4.32. The first-order chi connectivity index (χ1) is 14.0. The number of hydrogen-bond donors (Lipinski definition) is 1. The van der Waals surface area contributed by atoms with Gasteiger partial charge in [-0.3, -0.25) is 4.79 Å². The number of nitrogens with zero attached hydrogens (tertiary/aromatic N) is 3. The van der Waals surface area contributed by atoms with Crippen molar-refractivity contribution >= 4 is 23.4 Å². The van der Waals surface area contributed by atoms with E-state index in [1.54, 1.807) is 32.4 Å². The molecule has 7 nitrogen and oxygen atoms in total. The van der Waals surface area contributed by atoms with E-state index in [4.69, 9.17) is 9.47 Å². The summed E-state index contributed by atoms with van der Waals surface area (Å²) in [5.41, 5.74) is 2.77. The molecule has 0 saturated carbocycles. The van der Waals surface area contributed by atoms with Crippen molar-refractivity contribution in [3.8, 4) is 22.9 Å². The van der Waals surface area contributed by atoms with Gasteiger partial charge in [-0.1, -0.05) is 35.5 Å². The van der Waals surface area contributed by atoms with Gasteiger partial charge in [-0.25, -0.2) is 0 Å². The van der Waals surface area contributed by atoms with Gasteiger partial charge in [-0.05, 0) is 32.0 Å². The van der Waals surface area contributed by atoms with Gasteiger partial charge in [-0.15, -0.1) is 10.2 Å². The van der Waals surface area contributed by atoms with Crippen LogP contribution in [0.4, 0.5) is 5.69 Å². The number of carbonyl (C=O) groups is 1. The second kappa shape index (κ2) is 9.47. The summed E-state index contributed by atoms with van der Waals surface area (Å²) in [5.74, 6) is 2.06. The molecule has 1 amide bonds. The van der Waals surface area contributed by atoms with Crippen LogP contribution in [0.25, 0.3) is 11.4 Å². The Bertz CT molecular complexity index is 1000. The molecule has 0 radical (unpaired) electrons. The van der Waals surface area contributed by atoms with E-state index in [-0.39, 0.29) is 11.7 Å². The Labute approximate surface area is 174 Å². The highest BCUT2D eigenvalue weighted by Crippen LogP contribution is 2.30. The molecule has 0 aliphatic heterocycles. The Kier molecular flexibility index (Phi) is 6.77. The summed E-state index contributed by atoms with van der Waals surface area (Å²) in [6, 6.07) is 13.4. The smallest absolute Gasteiger partial charge is 0.234 e. The van der Waals surface area contributed by atoms with E-state index in [9.17, 15) is 4.79 Å². The van der Waals surface area contributed by atoms with Crippen molar-refractivity contribution in [2.24, 2.45) is 0 Å². The van der Waals surface area contributed by atoms with Gasteiger partial charge in [0.25, 0.3) is 0 Å². The lowest BCUT2D eigenvalue weighted by Gasteiger charge is -2.11. The van der Waals surface area contributed by atoms with Crippen molar-refractivity contribution < 1.29 is 14.3 Å². The Hall–Kier alpha value is -3.00. The predicted octanol–water partition coefficient (Wildman–Crippen LogP) is 4.02. The molecule has 0 bridgehead atoms. The van der Waals surface area contributed by atoms with Gasteiger partial charge in [-0.2, -0.15) is 0 Å².